The maximum atomic E-state index is 13.6. The molecule has 2 aromatic carbocycles. The minimum atomic E-state index is -0.181. The first-order valence-corrected chi connectivity index (χ1v) is 12.4. The molecule has 4 aromatic rings. The standard InChI is InChI=1S/C25H26ClN5O2S/c1-5-31-23-22(17(4)29-31)28-25(30(24(23)33)13-18-8-10-19(26)11-9-18)34-14-21(32)27-20-12-15(2)6-7-16(20)3/h6-12H,5,13-14H2,1-4H3,(H,27,32). The molecule has 176 valence electrons. The molecule has 0 saturated carbocycles. The van der Waals surface area contributed by atoms with Crippen LogP contribution in [0.2, 0.25) is 5.02 Å². The van der Waals surface area contributed by atoms with Crippen molar-refractivity contribution in [3.05, 3.63) is 80.2 Å². The Morgan fingerprint density at radius 2 is 1.85 bits per heavy atom. The maximum Gasteiger partial charge on any atom is 0.280 e. The minimum Gasteiger partial charge on any atom is -0.325 e. The van der Waals surface area contributed by atoms with Crippen LogP contribution >= 0.6 is 23.4 Å². The lowest BCUT2D eigenvalue weighted by Crippen LogP contribution is -2.26. The van der Waals surface area contributed by atoms with Crippen molar-refractivity contribution in [1.82, 2.24) is 19.3 Å². The van der Waals surface area contributed by atoms with Crippen LogP contribution in [0.1, 0.15) is 29.3 Å². The molecule has 1 amide bonds. The van der Waals surface area contributed by atoms with Crippen LogP contribution in [0.4, 0.5) is 5.69 Å². The van der Waals surface area contributed by atoms with Crippen molar-refractivity contribution in [3.63, 3.8) is 0 Å². The number of aryl methyl sites for hydroxylation is 4. The van der Waals surface area contributed by atoms with Crippen LogP contribution in [0.25, 0.3) is 11.0 Å². The third-order valence-corrected chi connectivity index (χ3v) is 6.76. The third-order valence-electron chi connectivity index (χ3n) is 5.53. The van der Waals surface area contributed by atoms with E-state index in [1.54, 1.807) is 21.4 Å². The molecular weight excluding hydrogens is 470 g/mol. The van der Waals surface area contributed by atoms with Crippen LogP contribution < -0.4 is 10.9 Å². The molecule has 0 aliphatic carbocycles. The van der Waals surface area contributed by atoms with E-state index in [9.17, 15) is 9.59 Å². The summed E-state index contributed by atoms with van der Waals surface area (Å²) in [5, 5.41) is 8.54. The van der Waals surface area contributed by atoms with Gasteiger partial charge in [-0.15, -0.1) is 0 Å². The number of thioether (sulfide) groups is 1. The van der Waals surface area contributed by atoms with Crippen LogP contribution in [-0.4, -0.2) is 31.0 Å². The lowest BCUT2D eigenvalue weighted by atomic mass is 10.1. The van der Waals surface area contributed by atoms with E-state index in [4.69, 9.17) is 16.6 Å². The van der Waals surface area contributed by atoms with Crippen molar-refractivity contribution in [2.75, 3.05) is 11.1 Å². The maximum absolute atomic E-state index is 13.6. The highest BCUT2D eigenvalue weighted by molar-refractivity contribution is 7.99. The average molecular weight is 496 g/mol. The second-order valence-corrected chi connectivity index (χ2v) is 9.54. The summed E-state index contributed by atoms with van der Waals surface area (Å²) in [6, 6.07) is 13.3. The molecule has 0 bridgehead atoms. The van der Waals surface area contributed by atoms with Gasteiger partial charge in [-0.1, -0.05) is 47.6 Å². The topological polar surface area (TPSA) is 81.8 Å². The highest BCUT2D eigenvalue weighted by atomic mass is 35.5. The Labute approximate surface area is 207 Å². The second kappa shape index (κ2) is 10.0. The van der Waals surface area contributed by atoms with Crippen molar-refractivity contribution in [2.45, 2.75) is 45.9 Å². The van der Waals surface area contributed by atoms with Gasteiger partial charge in [0.25, 0.3) is 5.56 Å². The average Bonchev–Trinajstić information content (AvgIpc) is 3.14. The zero-order valence-electron chi connectivity index (χ0n) is 19.6. The van der Waals surface area contributed by atoms with E-state index in [1.807, 2.05) is 58.0 Å². The van der Waals surface area contributed by atoms with E-state index in [-0.39, 0.29) is 17.2 Å². The van der Waals surface area contributed by atoms with Gasteiger partial charge in [0, 0.05) is 17.3 Å². The van der Waals surface area contributed by atoms with Crippen molar-refractivity contribution in [1.29, 1.82) is 0 Å². The highest BCUT2D eigenvalue weighted by Crippen LogP contribution is 2.23. The Bertz CT molecular complexity index is 1430. The van der Waals surface area contributed by atoms with Gasteiger partial charge in [0.15, 0.2) is 10.7 Å². The fourth-order valence-corrected chi connectivity index (χ4v) is 4.64. The summed E-state index contributed by atoms with van der Waals surface area (Å²) in [6.07, 6.45) is 0. The Hall–Kier alpha value is -3.10. The Morgan fingerprint density at radius 3 is 2.56 bits per heavy atom. The Morgan fingerprint density at radius 1 is 1.12 bits per heavy atom. The summed E-state index contributed by atoms with van der Waals surface area (Å²) in [5.41, 5.74) is 5.30. The largest absolute Gasteiger partial charge is 0.325 e. The zero-order chi connectivity index (χ0) is 24.4. The van der Waals surface area contributed by atoms with Crippen molar-refractivity contribution < 1.29 is 4.79 Å². The first-order valence-electron chi connectivity index (χ1n) is 11.0. The van der Waals surface area contributed by atoms with Gasteiger partial charge < -0.3 is 5.32 Å². The van der Waals surface area contributed by atoms with Crippen LogP contribution in [0, 0.1) is 20.8 Å². The lowest BCUT2D eigenvalue weighted by molar-refractivity contribution is -0.113. The summed E-state index contributed by atoms with van der Waals surface area (Å²) in [7, 11) is 0. The summed E-state index contributed by atoms with van der Waals surface area (Å²) >= 11 is 7.27. The monoisotopic (exact) mass is 495 g/mol. The molecule has 1 N–H and O–H groups in total. The fourth-order valence-electron chi connectivity index (χ4n) is 3.73. The van der Waals surface area contributed by atoms with Crippen LogP contribution in [0.5, 0.6) is 0 Å². The Kier molecular flexibility index (Phi) is 7.09. The number of benzene rings is 2. The van der Waals surface area contributed by atoms with E-state index in [0.29, 0.717) is 40.0 Å². The number of carbonyl (C=O) groups excluding carboxylic acids is 1. The van der Waals surface area contributed by atoms with E-state index in [0.717, 1.165) is 22.4 Å². The van der Waals surface area contributed by atoms with Crippen molar-refractivity contribution >= 4 is 46.0 Å². The number of rotatable bonds is 7. The molecule has 0 aliphatic heterocycles. The SMILES string of the molecule is CCn1nc(C)c2nc(SCC(=O)Nc3cc(C)ccc3C)n(Cc3ccc(Cl)cc3)c(=O)c21. The predicted octanol–water partition coefficient (Wildman–Crippen LogP) is 4.97. The molecule has 0 unspecified atom stereocenters. The van der Waals surface area contributed by atoms with E-state index in [1.165, 1.54) is 11.8 Å². The number of carbonyl (C=O) groups is 1. The highest BCUT2D eigenvalue weighted by Gasteiger charge is 2.19. The molecule has 4 rings (SSSR count). The summed E-state index contributed by atoms with van der Waals surface area (Å²) < 4.78 is 3.29. The molecule has 0 fully saturated rings. The Balaban J connectivity index is 1.67. The van der Waals surface area contributed by atoms with Crippen LogP contribution in [-0.2, 0) is 17.9 Å². The summed E-state index contributed by atoms with van der Waals surface area (Å²) in [5.74, 6) is -0.0422. The van der Waals surface area contributed by atoms with Crippen molar-refractivity contribution in [2.24, 2.45) is 0 Å². The van der Waals surface area contributed by atoms with Gasteiger partial charge in [0.2, 0.25) is 5.91 Å². The van der Waals surface area contributed by atoms with Gasteiger partial charge in [-0.3, -0.25) is 18.8 Å². The first-order chi connectivity index (χ1) is 16.3. The molecule has 2 aromatic heterocycles. The van der Waals surface area contributed by atoms with Crippen molar-refractivity contribution in [3.8, 4) is 0 Å². The van der Waals surface area contributed by atoms with Gasteiger partial charge in [0.1, 0.15) is 5.52 Å². The number of aromatic nitrogens is 4. The number of fused-ring (bicyclic) bond motifs is 1. The van der Waals surface area contributed by atoms with Crippen LogP contribution in [0.15, 0.2) is 52.4 Å². The number of nitrogens with zero attached hydrogens (tertiary/aromatic N) is 4. The number of hydrogen-bond donors (Lipinski definition) is 1. The van der Waals surface area contributed by atoms with Gasteiger partial charge in [-0.25, -0.2) is 4.98 Å². The smallest absolute Gasteiger partial charge is 0.280 e. The number of halogens is 1. The molecule has 34 heavy (non-hydrogen) atoms. The van der Waals surface area contributed by atoms with E-state index < -0.39 is 0 Å². The molecule has 0 saturated heterocycles. The number of anilines is 1. The normalized spacial score (nSPS) is 11.2. The summed E-state index contributed by atoms with van der Waals surface area (Å²) in [6.45, 7) is 8.59. The quantitative estimate of drug-likeness (QED) is 0.289. The zero-order valence-corrected chi connectivity index (χ0v) is 21.1. The molecule has 0 spiro atoms. The summed E-state index contributed by atoms with van der Waals surface area (Å²) in [4.78, 5) is 31.1. The van der Waals surface area contributed by atoms with Gasteiger partial charge in [-0.05, 0) is 62.6 Å². The number of hydrogen-bond acceptors (Lipinski definition) is 5. The fraction of sp³-hybridized carbons (Fsp3) is 0.280. The molecule has 0 radical (unpaired) electrons. The number of amides is 1. The molecule has 7 nitrogen and oxygen atoms in total. The number of nitrogens with one attached hydrogen (secondary N) is 1. The van der Waals surface area contributed by atoms with Gasteiger partial charge >= 0.3 is 0 Å². The third kappa shape index (κ3) is 5.03. The molecule has 9 heteroatoms. The van der Waals surface area contributed by atoms with Gasteiger partial charge in [-0.2, -0.15) is 5.10 Å². The second-order valence-electron chi connectivity index (χ2n) is 8.17. The molecular formula is C25H26ClN5O2S. The molecule has 0 aliphatic rings. The first kappa shape index (κ1) is 24.0. The van der Waals surface area contributed by atoms with E-state index >= 15 is 0 Å². The van der Waals surface area contributed by atoms with Crippen LogP contribution in [0.3, 0.4) is 0 Å². The van der Waals surface area contributed by atoms with Gasteiger partial charge in [0.05, 0.1) is 18.0 Å². The lowest BCUT2D eigenvalue weighted by Gasteiger charge is -2.13. The molecule has 2 heterocycles. The van der Waals surface area contributed by atoms with E-state index in [2.05, 4.69) is 10.4 Å². The minimum absolute atomic E-state index is 0.118. The molecule has 0 atom stereocenters. The predicted molar refractivity (Wildman–Crippen MR) is 138 cm³/mol.